The van der Waals surface area contributed by atoms with Gasteiger partial charge in [0.1, 0.15) is 5.52 Å². The van der Waals surface area contributed by atoms with Crippen molar-refractivity contribution in [1.29, 1.82) is 0 Å². The third-order valence-electron chi connectivity index (χ3n) is 3.43. The highest BCUT2D eigenvalue weighted by Gasteiger charge is 2.25. The molecule has 2 aromatic rings. The molecule has 0 aliphatic carbocycles. The molecular weight excluding hydrogens is 356 g/mol. The van der Waals surface area contributed by atoms with Crippen molar-refractivity contribution in [2.24, 2.45) is 5.73 Å². The molecule has 0 saturated heterocycles. The maximum atomic E-state index is 12.2. The molecule has 1 heterocycles. The number of aromatic nitrogens is 2. The van der Waals surface area contributed by atoms with Crippen molar-refractivity contribution in [3.63, 3.8) is 0 Å². The average molecular weight is 375 g/mol. The first-order chi connectivity index (χ1) is 11.2. The first kappa shape index (κ1) is 18.5. The molecule has 0 atom stereocenters. The van der Waals surface area contributed by atoms with Gasteiger partial charge in [-0.15, -0.1) is 0 Å². The lowest BCUT2D eigenvalue weighted by atomic mass is 10.1. The zero-order valence-electron chi connectivity index (χ0n) is 13.8. The van der Waals surface area contributed by atoms with Crippen molar-refractivity contribution in [1.82, 2.24) is 9.97 Å². The molecule has 1 aromatic carbocycles. The molecular formula is C14H19ClN4O4S. The number of halogens is 1. The lowest BCUT2D eigenvalue weighted by Gasteiger charge is -2.25. The number of ether oxygens (including phenoxy) is 2. The molecule has 0 amide bonds. The fourth-order valence-corrected chi connectivity index (χ4v) is 3.53. The Morgan fingerprint density at radius 3 is 2.33 bits per heavy atom. The first-order valence-corrected chi connectivity index (χ1v) is 9.23. The van der Waals surface area contributed by atoms with Crippen LogP contribution in [0.25, 0.3) is 11.0 Å². The molecule has 0 unspecified atom stereocenters. The zero-order chi connectivity index (χ0) is 18.1. The van der Waals surface area contributed by atoms with E-state index in [-0.39, 0.29) is 24.8 Å². The number of fused-ring (bicyclic) bond motifs is 1. The van der Waals surface area contributed by atoms with E-state index < -0.39 is 10.0 Å². The minimum absolute atomic E-state index is 0.0884. The molecule has 0 aliphatic rings. The Labute approximate surface area is 145 Å². The van der Waals surface area contributed by atoms with E-state index >= 15 is 0 Å². The molecule has 2 N–H and O–H groups in total. The largest absolute Gasteiger partial charge is 0.477 e. The van der Waals surface area contributed by atoms with Gasteiger partial charge in [0.2, 0.25) is 10.0 Å². The Hall–Kier alpha value is -1.84. The van der Waals surface area contributed by atoms with E-state index in [0.717, 1.165) is 6.26 Å². The van der Waals surface area contributed by atoms with Crippen molar-refractivity contribution in [3.8, 4) is 11.8 Å². The lowest BCUT2D eigenvalue weighted by molar-refractivity contribution is 0.334. The molecule has 0 saturated carbocycles. The van der Waals surface area contributed by atoms with Gasteiger partial charge in [-0.1, -0.05) is 11.6 Å². The second kappa shape index (κ2) is 6.96. The number of nitrogens with zero attached hydrogens (tertiary/aromatic N) is 3. The maximum Gasteiger partial charge on any atom is 0.278 e. The summed E-state index contributed by atoms with van der Waals surface area (Å²) in [7, 11) is -0.729. The number of hydrogen-bond acceptors (Lipinski definition) is 7. The van der Waals surface area contributed by atoms with Gasteiger partial charge in [-0.05, 0) is 18.6 Å². The van der Waals surface area contributed by atoms with Crippen LogP contribution in [0.3, 0.4) is 0 Å². The van der Waals surface area contributed by atoms with Crippen molar-refractivity contribution in [2.45, 2.75) is 6.92 Å². The first-order valence-electron chi connectivity index (χ1n) is 7.01. The molecule has 0 bridgehead atoms. The van der Waals surface area contributed by atoms with Crippen LogP contribution >= 0.6 is 11.6 Å². The molecule has 10 heteroatoms. The topological polar surface area (TPSA) is 108 Å². The molecule has 24 heavy (non-hydrogen) atoms. The minimum Gasteiger partial charge on any atom is -0.477 e. The van der Waals surface area contributed by atoms with E-state index in [0.29, 0.717) is 27.3 Å². The van der Waals surface area contributed by atoms with Crippen LogP contribution in [0.5, 0.6) is 11.8 Å². The van der Waals surface area contributed by atoms with Crippen LogP contribution in [-0.2, 0) is 10.0 Å². The molecule has 0 aliphatic heterocycles. The standard InChI is InChI=1S/C14H19ClN4O4S/c1-8-9(15)7-10-11(18-14(23-3)13(17-10)22-2)12(8)19(6-5-16)24(4,20)21/h7H,5-6,16H2,1-4H3. The molecule has 2 rings (SSSR count). The summed E-state index contributed by atoms with van der Waals surface area (Å²) in [4.78, 5) is 8.67. The fraction of sp³-hybridized carbons (Fsp3) is 0.429. The Balaban J connectivity index is 2.91. The predicted octanol–water partition coefficient (Wildman–Crippen LogP) is 1.33. The third kappa shape index (κ3) is 3.33. The van der Waals surface area contributed by atoms with Crippen LogP contribution in [0.4, 0.5) is 5.69 Å². The van der Waals surface area contributed by atoms with Crippen LogP contribution in [0.1, 0.15) is 5.56 Å². The van der Waals surface area contributed by atoms with Crippen molar-refractivity contribution in [3.05, 3.63) is 16.7 Å². The highest BCUT2D eigenvalue weighted by atomic mass is 35.5. The van der Waals surface area contributed by atoms with Crippen molar-refractivity contribution >= 4 is 38.3 Å². The minimum atomic E-state index is -3.59. The van der Waals surface area contributed by atoms with Gasteiger partial charge >= 0.3 is 0 Å². The number of rotatable bonds is 6. The quantitative estimate of drug-likeness (QED) is 0.812. The van der Waals surface area contributed by atoms with Gasteiger partial charge in [0.05, 0.1) is 31.7 Å². The molecule has 0 radical (unpaired) electrons. The Morgan fingerprint density at radius 2 is 1.83 bits per heavy atom. The van der Waals surface area contributed by atoms with Crippen molar-refractivity contribution in [2.75, 3.05) is 37.9 Å². The summed E-state index contributed by atoms with van der Waals surface area (Å²) in [6, 6.07) is 1.60. The van der Waals surface area contributed by atoms with Gasteiger partial charge in [0.15, 0.2) is 0 Å². The second-order valence-electron chi connectivity index (χ2n) is 5.07. The van der Waals surface area contributed by atoms with E-state index in [9.17, 15) is 8.42 Å². The Morgan fingerprint density at radius 1 is 1.25 bits per heavy atom. The van der Waals surface area contributed by atoms with Crippen LogP contribution < -0.4 is 19.5 Å². The smallest absolute Gasteiger partial charge is 0.278 e. The highest BCUT2D eigenvalue weighted by molar-refractivity contribution is 7.92. The molecule has 0 fully saturated rings. The summed E-state index contributed by atoms with van der Waals surface area (Å²) in [5, 5.41) is 0.365. The summed E-state index contributed by atoms with van der Waals surface area (Å²) in [5.41, 5.74) is 7.20. The van der Waals surface area contributed by atoms with Gasteiger partial charge < -0.3 is 15.2 Å². The average Bonchev–Trinajstić information content (AvgIpc) is 2.52. The monoisotopic (exact) mass is 374 g/mol. The van der Waals surface area contributed by atoms with Gasteiger partial charge in [-0.25, -0.2) is 18.4 Å². The number of benzene rings is 1. The zero-order valence-corrected chi connectivity index (χ0v) is 15.4. The molecule has 1 aromatic heterocycles. The molecule has 8 nitrogen and oxygen atoms in total. The summed E-state index contributed by atoms with van der Waals surface area (Å²) in [6.07, 6.45) is 1.10. The van der Waals surface area contributed by atoms with E-state index in [1.165, 1.54) is 18.5 Å². The van der Waals surface area contributed by atoms with Gasteiger partial charge in [-0.3, -0.25) is 4.31 Å². The number of hydrogen-bond donors (Lipinski definition) is 1. The van der Waals surface area contributed by atoms with Crippen LogP contribution in [0.2, 0.25) is 5.02 Å². The van der Waals surface area contributed by atoms with Gasteiger partial charge in [0.25, 0.3) is 11.8 Å². The normalized spacial score (nSPS) is 11.6. The number of nitrogens with two attached hydrogens (primary N) is 1. The number of anilines is 1. The molecule has 0 spiro atoms. The van der Waals surface area contributed by atoms with E-state index in [2.05, 4.69) is 9.97 Å². The van der Waals surface area contributed by atoms with E-state index in [4.69, 9.17) is 26.8 Å². The summed E-state index contributed by atoms with van der Waals surface area (Å²) in [5.74, 6) is 0.328. The van der Waals surface area contributed by atoms with Crippen molar-refractivity contribution < 1.29 is 17.9 Å². The van der Waals surface area contributed by atoms with Crippen LogP contribution in [-0.4, -0.2) is 52.0 Å². The van der Waals surface area contributed by atoms with Crippen LogP contribution in [0.15, 0.2) is 6.07 Å². The Bertz CT molecular complexity index is 873. The molecule has 132 valence electrons. The number of sulfonamides is 1. The lowest BCUT2D eigenvalue weighted by Crippen LogP contribution is -2.35. The predicted molar refractivity (Wildman–Crippen MR) is 93.6 cm³/mol. The van der Waals surface area contributed by atoms with E-state index in [1.54, 1.807) is 13.0 Å². The third-order valence-corrected chi connectivity index (χ3v) is 4.99. The fourth-order valence-electron chi connectivity index (χ4n) is 2.34. The van der Waals surface area contributed by atoms with Crippen LogP contribution in [0, 0.1) is 6.92 Å². The number of methoxy groups -OCH3 is 2. The summed E-state index contributed by atoms with van der Waals surface area (Å²) < 4.78 is 35.9. The highest BCUT2D eigenvalue weighted by Crippen LogP contribution is 2.37. The second-order valence-corrected chi connectivity index (χ2v) is 7.38. The summed E-state index contributed by atoms with van der Waals surface area (Å²) >= 11 is 6.26. The summed E-state index contributed by atoms with van der Waals surface area (Å²) in [6.45, 7) is 1.94. The van der Waals surface area contributed by atoms with E-state index in [1.807, 2.05) is 0 Å². The SMILES string of the molecule is COc1nc2cc(Cl)c(C)c(N(CCN)S(C)(=O)=O)c2nc1OC. The van der Waals surface area contributed by atoms with Gasteiger partial charge in [0, 0.05) is 18.1 Å². The Kier molecular flexibility index (Phi) is 5.36. The maximum absolute atomic E-state index is 12.2. The van der Waals surface area contributed by atoms with Gasteiger partial charge in [-0.2, -0.15) is 0 Å².